The molecule has 4 nitrogen and oxygen atoms in total. The van der Waals surface area contributed by atoms with E-state index in [1.165, 1.54) is 38.5 Å². The van der Waals surface area contributed by atoms with Gasteiger partial charge in [-0.3, -0.25) is 9.59 Å². The van der Waals surface area contributed by atoms with Gasteiger partial charge in [-0.15, -0.1) is 0 Å². The van der Waals surface area contributed by atoms with Crippen molar-refractivity contribution in [2.45, 2.75) is 118 Å². The second-order valence-electron chi connectivity index (χ2n) is 9.48. The summed E-state index contributed by atoms with van der Waals surface area (Å²) < 4.78 is 10.6. The summed E-state index contributed by atoms with van der Waals surface area (Å²) in [5.74, 6) is 1.40. The molecule has 0 heterocycles. The number of ether oxygens (including phenoxy) is 2. The molecule has 4 heteroatoms. The maximum atomic E-state index is 11.9. The van der Waals surface area contributed by atoms with Crippen LogP contribution in [0.2, 0.25) is 0 Å². The van der Waals surface area contributed by atoms with Crippen LogP contribution in [0.1, 0.15) is 118 Å². The number of hydrogen-bond acceptors (Lipinski definition) is 4. The lowest BCUT2D eigenvalue weighted by Crippen LogP contribution is -2.13. The summed E-state index contributed by atoms with van der Waals surface area (Å²) in [5, 5.41) is 0. The molecule has 0 bridgehead atoms. The second kappa shape index (κ2) is 18.9. The number of unbranched alkanes of at least 4 members (excludes halogenated alkanes) is 6. The molecule has 0 fully saturated rings. The van der Waals surface area contributed by atoms with Crippen molar-refractivity contribution in [3.05, 3.63) is 0 Å². The van der Waals surface area contributed by atoms with Gasteiger partial charge in [-0.2, -0.15) is 0 Å². The third-order valence-electron chi connectivity index (χ3n) is 5.23. The predicted octanol–water partition coefficient (Wildman–Crippen LogP) is 7.09. The fourth-order valence-corrected chi connectivity index (χ4v) is 3.27. The van der Waals surface area contributed by atoms with Crippen LogP contribution in [0.5, 0.6) is 0 Å². The van der Waals surface area contributed by atoms with Crippen LogP contribution in [-0.4, -0.2) is 25.2 Å². The third kappa shape index (κ3) is 21.5. The highest BCUT2D eigenvalue weighted by molar-refractivity contribution is 5.70. The molecule has 0 aromatic carbocycles. The summed E-state index contributed by atoms with van der Waals surface area (Å²) in [7, 11) is 0. The van der Waals surface area contributed by atoms with Gasteiger partial charge in [0.2, 0.25) is 0 Å². The Bertz CT molecular complexity index is 404. The molecule has 1 atom stereocenters. The maximum Gasteiger partial charge on any atom is 0.306 e. The molecule has 172 valence electrons. The van der Waals surface area contributed by atoms with E-state index in [0.29, 0.717) is 32.5 Å². The zero-order valence-corrected chi connectivity index (χ0v) is 20.0. The van der Waals surface area contributed by atoms with Gasteiger partial charge in [0.25, 0.3) is 0 Å². The molecule has 0 aliphatic carbocycles. The van der Waals surface area contributed by atoms with E-state index in [1.807, 2.05) is 6.92 Å². The third-order valence-corrected chi connectivity index (χ3v) is 5.23. The van der Waals surface area contributed by atoms with E-state index in [2.05, 4.69) is 27.7 Å². The molecule has 0 rings (SSSR count). The van der Waals surface area contributed by atoms with Gasteiger partial charge in [0.05, 0.1) is 13.2 Å². The number of hydrogen-bond donors (Lipinski definition) is 0. The summed E-state index contributed by atoms with van der Waals surface area (Å²) in [4.78, 5) is 23.7. The van der Waals surface area contributed by atoms with Crippen molar-refractivity contribution in [3.8, 4) is 0 Å². The Kier molecular flexibility index (Phi) is 18.2. The van der Waals surface area contributed by atoms with Crippen molar-refractivity contribution in [3.63, 3.8) is 0 Å². The largest absolute Gasteiger partial charge is 0.466 e. The van der Waals surface area contributed by atoms with Crippen LogP contribution in [0.4, 0.5) is 0 Å². The summed E-state index contributed by atoms with van der Waals surface area (Å²) in [6.07, 6.45) is 13.1. The first kappa shape index (κ1) is 27.9. The molecule has 0 aromatic rings. The molecule has 0 spiro atoms. The van der Waals surface area contributed by atoms with E-state index in [1.54, 1.807) is 0 Å². The minimum Gasteiger partial charge on any atom is -0.466 e. The van der Waals surface area contributed by atoms with E-state index in [-0.39, 0.29) is 17.9 Å². The van der Waals surface area contributed by atoms with Crippen molar-refractivity contribution in [2.24, 2.45) is 17.8 Å². The Labute approximate surface area is 180 Å². The lowest BCUT2D eigenvalue weighted by atomic mass is 10.0. The van der Waals surface area contributed by atoms with E-state index in [9.17, 15) is 9.59 Å². The SMILES string of the molecule is CC(C)CCCCCCOC(=O)CCC(C)CC(=O)OCCCCCCC(C)C. The molecule has 0 aromatic heterocycles. The minimum atomic E-state index is -0.145. The first-order chi connectivity index (χ1) is 13.8. The van der Waals surface area contributed by atoms with E-state index in [4.69, 9.17) is 9.47 Å². The maximum absolute atomic E-state index is 11.9. The van der Waals surface area contributed by atoms with E-state index < -0.39 is 0 Å². The zero-order valence-electron chi connectivity index (χ0n) is 20.0. The highest BCUT2D eigenvalue weighted by Gasteiger charge is 2.13. The molecule has 29 heavy (non-hydrogen) atoms. The van der Waals surface area contributed by atoms with Gasteiger partial charge in [0, 0.05) is 12.8 Å². The fraction of sp³-hybridized carbons (Fsp3) is 0.920. The Balaban J connectivity index is 3.53. The molecule has 0 amide bonds. The average Bonchev–Trinajstić information content (AvgIpc) is 2.64. The first-order valence-corrected chi connectivity index (χ1v) is 12.1. The Morgan fingerprint density at radius 1 is 0.586 bits per heavy atom. The van der Waals surface area contributed by atoms with Crippen LogP contribution in [0, 0.1) is 17.8 Å². The Hall–Kier alpha value is -1.06. The van der Waals surface area contributed by atoms with Gasteiger partial charge < -0.3 is 9.47 Å². The minimum absolute atomic E-state index is 0.144. The molecule has 0 N–H and O–H groups in total. The summed E-state index contributed by atoms with van der Waals surface area (Å²) >= 11 is 0. The molecule has 0 aliphatic rings. The predicted molar refractivity (Wildman–Crippen MR) is 121 cm³/mol. The van der Waals surface area contributed by atoms with Crippen LogP contribution in [0.3, 0.4) is 0 Å². The van der Waals surface area contributed by atoms with Crippen molar-refractivity contribution in [1.29, 1.82) is 0 Å². The smallest absolute Gasteiger partial charge is 0.306 e. The average molecular weight is 413 g/mol. The summed E-state index contributed by atoms with van der Waals surface area (Å²) in [6, 6.07) is 0. The van der Waals surface area contributed by atoms with Crippen LogP contribution in [-0.2, 0) is 19.1 Å². The van der Waals surface area contributed by atoms with Gasteiger partial charge in [0.15, 0.2) is 0 Å². The van der Waals surface area contributed by atoms with Crippen molar-refractivity contribution in [1.82, 2.24) is 0 Å². The van der Waals surface area contributed by atoms with E-state index >= 15 is 0 Å². The Morgan fingerprint density at radius 2 is 1.03 bits per heavy atom. The van der Waals surface area contributed by atoms with Crippen molar-refractivity contribution >= 4 is 11.9 Å². The molecule has 1 unspecified atom stereocenters. The molecule has 0 radical (unpaired) electrons. The molecular weight excluding hydrogens is 364 g/mol. The molecule has 0 aliphatic heterocycles. The number of carbonyl (C=O) groups excluding carboxylic acids is 2. The summed E-state index contributed by atoms with van der Waals surface area (Å²) in [5.41, 5.74) is 0. The second-order valence-corrected chi connectivity index (χ2v) is 9.48. The van der Waals surface area contributed by atoms with Crippen LogP contribution in [0.25, 0.3) is 0 Å². The highest BCUT2D eigenvalue weighted by atomic mass is 16.5. The lowest BCUT2D eigenvalue weighted by Gasteiger charge is -2.11. The summed E-state index contributed by atoms with van der Waals surface area (Å²) in [6.45, 7) is 12.0. The topological polar surface area (TPSA) is 52.6 Å². The van der Waals surface area contributed by atoms with Crippen LogP contribution >= 0.6 is 0 Å². The lowest BCUT2D eigenvalue weighted by molar-refractivity contribution is -0.147. The number of esters is 2. The van der Waals surface area contributed by atoms with Gasteiger partial charge in [-0.1, -0.05) is 86.0 Å². The molecular formula is C25H48O4. The van der Waals surface area contributed by atoms with E-state index in [0.717, 1.165) is 37.5 Å². The fourth-order valence-electron chi connectivity index (χ4n) is 3.27. The number of rotatable bonds is 19. The zero-order chi connectivity index (χ0) is 21.9. The van der Waals surface area contributed by atoms with Crippen LogP contribution in [0.15, 0.2) is 0 Å². The quantitative estimate of drug-likeness (QED) is 0.168. The monoisotopic (exact) mass is 412 g/mol. The highest BCUT2D eigenvalue weighted by Crippen LogP contribution is 2.14. The Morgan fingerprint density at radius 3 is 1.52 bits per heavy atom. The van der Waals surface area contributed by atoms with Gasteiger partial charge >= 0.3 is 11.9 Å². The molecule has 0 saturated carbocycles. The van der Waals surface area contributed by atoms with Gasteiger partial charge in [0.1, 0.15) is 0 Å². The standard InChI is InChI=1S/C25H48O4/c1-21(2)14-10-6-8-12-18-28-24(26)17-16-23(5)20-25(27)29-19-13-9-7-11-15-22(3)4/h21-23H,6-20H2,1-5H3. The van der Waals surface area contributed by atoms with Gasteiger partial charge in [-0.25, -0.2) is 0 Å². The van der Waals surface area contributed by atoms with Crippen LogP contribution < -0.4 is 0 Å². The molecule has 0 saturated heterocycles. The van der Waals surface area contributed by atoms with Crippen molar-refractivity contribution < 1.29 is 19.1 Å². The number of carbonyl (C=O) groups is 2. The first-order valence-electron chi connectivity index (χ1n) is 12.1. The normalized spacial score (nSPS) is 12.4. The van der Waals surface area contributed by atoms with Gasteiger partial charge in [-0.05, 0) is 37.0 Å². The van der Waals surface area contributed by atoms with Crippen molar-refractivity contribution in [2.75, 3.05) is 13.2 Å².